The molecule has 7 nitrogen and oxygen atoms in total. The number of nitrogens with zero attached hydrogens (tertiary/aromatic N) is 5. The number of hydrogen-bond donors (Lipinski definition) is 1. The highest BCUT2D eigenvalue weighted by Gasteiger charge is 2.32. The Bertz CT molecular complexity index is 938. The van der Waals surface area contributed by atoms with Crippen LogP contribution in [-0.4, -0.2) is 38.0 Å². The molecule has 0 atom stereocenters. The van der Waals surface area contributed by atoms with Gasteiger partial charge in [0.15, 0.2) is 17.1 Å². The lowest BCUT2D eigenvalue weighted by molar-refractivity contribution is 0.373. The van der Waals surface area contributed by atoms with Crippen molar-refractivity contribution in [2.24, 2.45) is 7.05 Å². The van der Waals surface area contributed by atoms with Crippen LogP contribution in [0.4, 0.5) is 5.82 Å². The largest absolute Gasteiger partial charge is 0.504 e. The smallest absolute Gasteiger partial charge is 0.164 e. The summed E-state index contributed by atoms with van der Waals surface area (Å²) in [6.07, 6.45) is 3.86. The minimum atomic E-state index is 0.142. The van der Waals surface area contributed by atoms with E-state index in [1.165, 1.54) is 0 Å². The molecule has 1 aromatic carbocycles. The number of rotatable bonds is 5. The first kappa shape index (κ1) is 16.1. The fourth-order valence-corrected chi connectivity index (χ4v) is 3.62. The van der Waals surface area contributed by atoms with Crippen LogP contribution in [0.2, 0.25) is 0 Å². The zero-order chi connectivity index (χ0) is 17.6. The van der Waals surface area contributed by atoms with Crippen LogP contribution in [0.5, 0.6) is 11.5 Å². The molecular formula is C17H18BrN5O2. The number of phenols is 1. The average molecular weight is 404 g/mol. The van der Waals surface area contributed by atoms with Crippen LogP contribution in [0, 0.1) is 0 Å². The lowest BCUT2D eigenvalue weighted by Crippen LogP contribution is -2.26. The number of aryl methyl sites for hydroxylation is 1. The van der Waals surface area contributed by atoms with Gasteiger partial charge in [-0.05, 0) is 46.5 Å². The Balaban J connectivity index is 1.76. The number of aromatic hydroxyl groups is 1. The summed E-state index contributed by atoms with van der Waals surface area (Å²) >= 11 is 3.53. The second kappa shape index (κ2) is 6.18. The Morgan fingerprint density at radius 2 is 2.16 bits per heavy atom. The number of phenolic OH excluding ortho intramolecular Hbond substituents is 1. The van der Waals surface area contributed by atoms with E-state index in [9.17, 15) is 5.11 Å². The van der Waals surface area contributed by atoms with E-state index in [4.69, 9.17) is 4.74 Å². The first-order chi connectivity index (χ1) is 12.1. The predicted molar refractivity (Wildman–Crippen MR) is 97.9 cm³/mol. The molecule has 0 saturated heterocycles. The summed E-state index contributed by atoms with van der Waals surface area (Å²) in [5, 5.41) is 15.1. The van der Waals surface area contributed by atoms with E-state index in [1.54, 1.807) is 24.2 Å². The summed E-state index contributed by atoms with van der Waals surface area (Å²) in [7, 11) is 3.42. The number of benzene rings is 1. The molecule has 1 N–H and O–H groups in total. The molecule has 0 radical (unpaired) electrons. The highest BCUT2D eigenvalue weighted by Crippen LogP contribution is 2.38. The molecule has 130 valence electrons. The molecule has 0 amide bonds. The van der Waals surface area contributed by atoms with Crippen LogP contribution in [0.3, 0.4) is 0 Å². The van der Waals surface area contributed by atoms with E-state index in [-0.39, 0.29) is 5.75 Å². The van der Waals surface area contributed by atoms with E-state index in [0.717, 1.165) is 39.9 Å². The Morgan fingerprint density at radius 1 is 1.36 bits per heavy atom. The van der Waals surface area contributed by atoms with Crippen LogP contribution >= 0.6 is 15.9 Å². The SMILES string of the molecule is COc1cc(CN(c2ncnc3c2c(Br)nn3C)C2CC2)ccc1O. The zero-order valence-electron chi connectivity index (χ0n) is 14.0. The molecular weight excluding hydrogens is 386 g/mol. The Hall–Kier alpha value is -2.35. The van der Waals surface area contributed by atoms with Crippen molar-refractivity contribution in [2.45, 2.75) is 25.4 Å². The quantitative estimate of drug-likeness (QED) is 0.705. The van der Waals surface area contributed by atoms with Gasteiger partial charge in [-0.15, -0.1) is 0 Å². The first-order valence-corrected chi connectivity index (χ1v) is 8.83. The number of aromatic nitrogens is 4. The molecule has 8 heteroatoms. The van der Waals surface area contributed by atoms with Crippen molar-refractivity contribution in [3.8, 4) is 11.5 Å². The summed E-state index contributed by atoms with van der Waals surface area (Å²) in [6, 6.07) is 5.88. The third-order valence-electron chi connectivity index (χ3n) is 4.41. The molecule has 0 spiro atoms. The van der Waals surface area contributed by atoms with Crippen molar-refractivity contribution in [3.05, 3.63) is 34.7 Å². The highest BCUT2D eigenvalue weighted by molar-refractivity contribution is 9.10. The van der Waals surface area contributed by atoms with Crippen molar-refractivity contribution < 1.29 is 9.84 Å². The molecule has 0 bridgehead atoms. The Labute approximate surface area is 153 Å². The van der Waals surface area contributed by atoms with Crippen molar-refractivity contribution in [2.75, 3.05) is 12.0 Å². The van der Waals surface area contributed by atoms with Gasteiger partial charge in [-0.1, -0.05) is 6.07 Å². The van der Waals surface area contributed by atoms with E-state index >= 15 is 0 Å². The van der Waals surface area contributed by atoms with Crippen LogP contribution in [0.15, 0.2) is 29.1 Å². The zero-order valence-corrected chi connectivity index (χ0v) is 15.6. The maximum atomic E-state index is 9.81. The van der Waals surface area contributed by atoms with Gasteiger partial charge in [0.1, 0.15) is 16.7 Å². The first-order valence-electron chi connectivity index (χ1n) is 8.04. The molecule has 1 aliphatic carbocycles. The van der Waals surface area contributed by atoms with E-state index in [0.29, 0.717) is 18.3 Å². The molecule has 0 unspecified atom stereocenters. The van der Waals surface area contributed by atoms with Crippen LogP contribution in [-0.2, 0) is 13.6 Å². The van der Waals surface area contributed by atoms with Crippen LogP contribution in [0.1, 0.15) is 18.4 Å². The van der Waals surface area contributed by atoms with Gasteiger partial charge in [-0.2, -0.15) is 5.10 Å². The van der Waals surface area contributed by atoms with Gasteiger partial charge >= 0.3 is 0 Å². The van der Waals surface area contributed by atoms with Gasteiger partial charge in [0.25, 0.3) is 0 Å². The average Bonchev–Trinajstić information content (AvgIpc) is 3.40. The normalized spacial score (nSPS) is 14.0. The molecule has 25 heavy (non-hydrogen) atoms. The Morgan fingerprint density at radius 3 is 2.88 bits per heavy atom. The van der Waals surface area contributed by atoms with Gasteiger partial charge in [-0.3, -0.25) is 0 Å². The van der Waals surface area contributed by atoms with Crippen molar-refractivity contribution in [1.82, 2.24) is 19.7 Å². The molecule has 1 saturated carbocycles. The van der Waals surface area contributed by atoms with Crippen LogP contribution < -0.4 is 9.64 Å². The van der Waals surface area contributed by atoms with Crippen LogP contribution in [0.25, 0.3) is 11.0 Å². The molecule has 2 heterocycles. The molecule has 2 aromatic heterocycles. The molecule has 3 aromatic rings. The minimum Gasteiger partial charge on any atom is -0.504 e. The van der Waals surface area contributed by atoms with Gasteiger partial charge in [-0.25, -0.2) is 14.6 Å². The number of halogens is 1. The lowest BCUT2D eigenvalue weighted by Gasteiger charge is -2.24. The van der Waals surface area contributed by atoms with E-state index < -0.39 is 0 Å². The summed E-state index contributed by atoms with van der Waals surface area (Å²) < 4.78 is 7.72. The number of anilines is 1. The van der Waals surface area contributed by atoms with E-state index in [2.05, 4.69) is 35.9 Å². The predicted octanol–water partition coefficient (Wildman–Crippen LogP) is 3.01. The maximum absolute atomic E-state index is 9.81. The summed E-state index contributed by atoms with van der Waals surface area (Å²) in [5.74, 6) is 1.49. The van der Waals surface area contributed by atoms with Crippen molar-refractivity contribution in [3.63, 3.8) is 0 Å². The number of hydrogen-bond acceptors (Lipinski definition) is 6. The molecule has 0 aliphatic heterocycles. The second-order valence-electron chi connectivity index (χ2n) is 6.18. The molecule has 1 aliphatic rings. The summed E-state index contributed by atoms with van der Waals surface area (Å²) in [4.78, 5) is 11.2. The number of ether oxygens (including phenoxy) is 1. The fraction of sp³-hybridized carbons (Fsp3) is 0.353. The number of methoxy groups -OCH3 is 1. The lowest BCUT2D eigenvalue weighted by atomic mass is 10.1. The molecule has 4 rings (SSSR count). The Kier molecular flexibility index (Phi) is 3.99. The standard InChI is InChI=1S/C17H18BrN5O2/c1-22-16-14(15(18)21-22)17(20-9-19-16)23(11-4-5-11)8-10-3-6-12(24)13(7-10)25-2/h3,6-7,9,11,24H,4-5,8H2,1-2H3. The fourth-order valence-electron chi connectivity index (χ4n) is 3.02. The van der Waals surface area contributed by atoms with Crippen molar-refractivity contribution in [1.29, 1.82) is 0 Å². The monoisotopic (exact) mass is 403 g/mol. The minimum absolute atomic E-state index is 0.142. The highest BCUT2D eigenvalue weighted by atomic mass is 79.9. The van der Waals surface area contributed by atoms with Gasteiger partial charge in [0.05, 0.1) is 12.5 Å². The molecule has 1 fully saturated rings. The third-order valence-corrected chi connectivity index (χ3v) is 4.97. The number of fused-ring (bicyclic) bond motifs is 1. The van der Waals surface area contributed by atoms with Gasteiger partial charge in [0.2, 0.25) is 0 Å². The van der Waals surface area contributed by atoms with Crippen molar-refractivity contribution >= 4 is 32.8 Å². The second-order valence-corrected chi connectivity index (χ2v) is 6.93. The third kappa shape index (κ3) is 2.90. The maximum Gasteiger partial charge on any atom is 0.164 e. The summed E-state index contributed by atoms with van der Waals surface area (Å²) in [6.45, 7) is 0.675. The van der Waals surface area contributed by atoms with Gasteiger partial charge in [0, 0.05) is 19.6 Å². The van der Waals surface area contributed by atoms with Gasteiger partial charge < -0.3 is 14.7 Å². The van der Waals surface area contributed by atoms with E-state index in [1.807, 2.05) is 19.2 Å². The topological polar surface area (TPSA) is 76.3 Å². The summed E-state index contributed by atoms with van der Waals surface area (Å²) in [5.41, 5.74) is 1.85.